The molecule has 5 amide bonds. The van der Waals surface area contributed by atoms with Crippen molar-refractivity contribution in [3.05, 3.63) is 64.7 Å². The molecule has 3 aliphatic heterocycles. The lowest BCUT2D eigenvalue weighted by Crippen LogP contribution is -2.49. The number of imide groups is 1. The molecule has 15 heteroatoms. The van der Waals surface area contributed by atoms with Crippen molar-refractivity contribution in [1.82, 2.24) is 20.4 Å². The van der Waals surface area contributed by atoms with Crippen LogP contribution in [0.2, 0.25) is 5.02 Å². The predicted molar refractivity (Wildman–Crippen MR) is 209 cm³/mol. The highest BCUT2D eigenvalue weighted by Gasteiger charge is 2.63. The first kappa shape index (κ1) is 44.0. The van der Waals surface area contributed by atoms with Gasteiger partial charge in [0.05, 0.1) is 24.7 Å². The Kier molecular flexibility index (Phi) is 15.7. The van der Waals surface area contributed by atoms with Crippen LogP contribution in [0, 0.1) is 5.92 Å². The predicted octanol–water partition coefficient (Wildman–Crippen LogP) is 4.82. The molecule has 0 saturated carbocycles. The van der Waals surface area contributed by atoms with Crippen LogP contribution in [0.1, 0.15) is 78.2 Å². The number of rotatable bonds is 20. The van der Waals surface area contributed by atoms with Gasteiger partial charge < -0.3 is 34.5 Å². The molecular formula is C41H55ClN4O10. The number of benzene rings is 1. The Balaban J connectivity index is 1.28. The molecule has 7 atom stereocenters. The van der Waals surface area contributed by atoms with Crippen molar-refractivity contribution < 1.29 is 47.7 Å². The van der Waals surface area contributed by atoms with E-state index in [9.17, 15) is 28.8 Å². The van der Waals surface area contributed by atoms with Gasteiger partial charge in [-0.25, -0.2) is 9.59 Å². The highest BCUT2D eigenvalue weighted by Crippen LogP contribution is 2.48. The van der Waals surface area contributed by atoms with E-state index in [1.54, 1.807) is 21.0 Å². The number of ether oxygens (including phenoxy) is 4. The van der Waals surface area contributed by atoms with E-state index in [0.29, 0.717) is 42.9 Å². The van der Waals surface area contributed by atoms with Gasteiger partial charge in [-0.1, -0.05) is 54.8 Å². The number of carbonyl (C=O) groups excluding carboxylic acids is 6. The van der Waals surface area contributed by atoms with Gasteiger partial charge in [-0.2, -0.15) is 0 Å². The van der Waals surface area contributed by atoms with Crippen LogP contribution >= 0.6 is 11.6 Å². The molecule has 56 heavy (non-hydrogen) atoms. The molecule has 4 rings (SSSR count). The number of methoxy groups -OCH3 is 1. The third-order valence-corrected chi connectivity index (χ3v) is 11.0. The van der Waals surface area contributed by atoms with Crippen molar-refractivity contribution in [1.29, 1.82) is 0 Å². The van der Waals surface area contributed by atoms with Gasteiger partial charge >= 0.3 is 12.1 Å². The molecule has 3 aliphatic rings. The monoisotopic (exact) mass is 798 g/mol. The van der Waals surface area contributed by atoms with Gasteiger partial charge in [0.2, 0.25) is 11.8 Å². The van der Waals surface area contributed by atoms with Crippen LogP contribution in [0.25, 0.3) is 0 Å². The number of allylic oxidation sites excluding steroid dienone is 3. The lowest BCUT2D eigenvalue weighted by atomic mass is 9.85. The number of alkyl carbamates (subject to hydrolysis) is 1. The van der Waals surface area contributed by atoms with Gasteiger partial charge in [-0.3, -0.25) is 24.1 Å². The number of unbranched alkanes of at least 4 members (excludes halogenated alkanes) is 2. The van der Waals surface area contributed by atoms with Crippen molar-refractivity contribution in [2.45, 2.75) is 115 Å². The van der Waals surface area contributed by atoms with E-state index in [0.717, 1.165) is 22.5 Å². The van der Waals surface area contributed by atoms with E-state index in [1.807, 2.05) is 50.3 Å². The number of nitrogens with one attached hydrogen (secondary N) is 2. The molecule has 0 radical (unpaired) electrons. The van der Waals surface area contributed by atoms with E-state index in [2.05, 4.69) is 10.6 Å². The lowest BCUT2D eigenvalue weighted by Gasteiger charge is -2.33. The summed E-state index contributed by atoms with van der Waals surface area (Å²) in [4.78, 5) is 77.5. The van der Waals surface area contributed by atoms with E-state index in [4.69, 9.17) is 30.5 Å². The Morgan fingerprint density at radius 2 is 1.86 bits per heavy atom. The van der Waals surface area contributed by atoms with Crippen LogP contribution in [0.5, 0.6) is 5.75 Å². The molecule has 0 aliphatic carbocycles. The van der Waals surface area contributed by atoms with Crippen molar-refractivity contribution >= 4 is 47.3 Å². The average molecular weight is 799 g/mol. The minimum atomic E-state index is -1.04. The second kappa shape index (κ2) is 19.9. The van der Waals surface area contributed by atoms with E-state index in [1.165, 1.54) is 31.1 Å². The number of likely N-dealkylation sites (N-methyl/N-ethyl adjacent to an activating group) is 1. The maximum absolute atomic E-state index is 13.4. The number of carbonyl (C=O) groups is 6. The molecule has 2 saturated heterocycles. The second-order valence-electron chi connectivity index (χ2n) is 14.9. The molecule has 0 bridgehead atoms. The number of cyclic esters (lactones) is 1. The molecule has 3 unspecified atom stereocenters. The molecule has 0 aromatic heterocycles. The smallest absolute Gasteiger partial charge is 0.407 e. The molecule has 0 spiro atoms. The molecule has 14 nitrogen and oxygen atoms in total. The molecule has 1 aromatic carbocycles. The van der Waals surface area contributed by atoms with Crippen molar-refractivity contribution in [2.24, 2.45) is 5.92 Å². The van der Waals surface area contributed by atoms with Crippen molar-refractivity contribution in [3.63, 3.8) is 0 Å². The van der Waals surface area contributed by atoms with Crippen LogP contribution in [-0.2, 0) is 44.6 Å². The highest BCUT2D eigenvalue weighted by atomic mass is 35.5. The van der Waals surface area contributed by atoms with Crippen LogP contribution in [0.3, 0.4) is 0 Å². The van der Waals surface area contributed by atoms with Gasteiger partial charge in [0, 0.05) is 57.6 Å². The van der Waals surface area contributed by atoms with Crippen molar-refractivity contribution in [3.8, 4) is 5.75 Å². The molecule has 1 aromatic rings. The van der Waals surface area contributed by atoms with E-state index in [-0.39, 0.29) is 55.0 Å². The summed E-state index contributed by atoms with van der Waals surface area (Å²) in [5.74, 6) is -1.64. The normalized spacial score (nSPS) is 23.6. The topological polar surface area (TPSA) is 173 Å². The van der Waals surface area contributed by atoms with E-state index < -0.39 is 42.0 Å². The summed E-state index contributed by atoms with van der Waals surface area (Å²) in [6, 6.07) is 4.57. The Hall–Kier alpha value is -4.69. The quantitative estimate of drug-likeness (QED) is 0.0612. The zero-order chi connectivity index (χ0) is 41.2. The molecule has 2 fully saturated rings. The summed E-state index contributed by atoms with van der Waals surface area (Å²) < 4.78 is 23.1. The standard InChI is InChI=1S/C41H55ClN4O10/c1-25(21-28-16-17-30(42)32(22-28)53-7)13-10-11-14-29-23-31(54-40(52)44-29)26(2)38-41(4,56-38)33(24-34(47)43-5)55-39(51)27(3)45(6)35(48)15-9-8-12-20-46-36(49)18-19-37(46)50/h10-11,13,16-19,22,26-27,29,31,33,38H,8-9,12,14-15,20-21,23-24H2,1-7H3,(H,43,47)(H,44,52)/b11-10+,25-13+/t26-,27-,29?,31?,33+,38+,41?/m1/s1. The summed E-state index contributed by atoms with van der Waals surface area (Å²) in [5.41, 5.74) is 1.17. The van der Waals surface area contributed by atoms with Gasteiger partial charge in [0.1, 0.15) is 29.6 Å². The Morgan fingerprint density at radius 3 is 2.54 bits per heavy atom. The van der Waals surface area contributed by atoms with Crippen LogP contribution in [-0.4, -0.2) is 109 Å². The fourth-order valence-corrected chi connectivity index (χ4v) is 7.19. The molecule has 306 valence electrons. The molecule has 3 heterocycles. The zero-order valence-electron chi connectivity index (χ0n) is 33.3. The lowest BCUT2D eigenvalue weighted by molar-refractivity contribution is -0.162. The summed E-state index contributed by atoms with van der Waals surface area (Å²) in [6.45, 7) is 7.56. The van der Waals surface area contributed by atoms with Gasteiger partial charge in [-0.05, 0) is 64.2 Å². The number of nitrogens with zero attached hydrogens (tertiary/aromatic N) is 2. The Morgan fingerprint density at radius 1 is 1.14 bits per heavy atom. The maximum Gasteiger partial charge on any atom is 0.407 e. The van der Waals surface area contributed by atoms with Crippen LogP contribution in [0.4, 0.5) is 4.79 Å². The van der Waals surface area contributed by atoms with Crippen molar-refractivity contribution in [2.75, 3.05) is 27.7 Å². The summed E-state index contributed by atoms with van der Waals surface area (Å²) >= 11 is 6.15. The van der Waals surface area contributed by atoms with Crippen LogP contribution < -0.4 is 15.4 Å². The van der Waals surface area contributed by atoms with Crippen LogP contribution in [0.15, 0.2) is 54.2 Å². The molecular weight excluding hydrogens is 744 g/mol. The number of hydrogen-bond donors (Lipinski definition) is 2. The Bertz CT molecular complexity index is 1710. The average Bonchev–Trinajstić information content (AvgIpc) is 3.77. The fraction of sp³-hybridized carbons (Fsp3) is 0.561. The van der Waals surface area contributed by atoms with Gasteiger partial charge in [-0.15, -0.1) is 0 Å². The van der Waals surface area contributed by atoms with E-state index >= 15 is 0 Å². The number of esters is 1. The number of amides is 5. The van der Waals surface area contributed by atoms with Gasteiger partial charge in [0.15, 0.2) is 0 Å². The fourth-order valence-electron chi connectivity index (χ4n) is 6.99. The third kappa shape index (κ3) is 11.7. The minimum Gasteiger partial charge on any atom is -0.495 e. The number of hydrogen-bond acceptors (Lipinski definition) is 10. The molecule has 2 N–H and O–H groups in total. The Labute approximate surface area is 333 Å². The minimum absolute atomic E-state index is 0.165. The highest BCUT2D eigenvalue weighted by molar-refractivity contribution is 6.32. The maximum atomic E-state index is 13.4. The first-order valence-electron chi connectivity index (χ1n) is 19.1. The summed E-state index contributed by atoms with van der Waals surface area (Å²) in [7, 11) is 4.59. The zero-order valence-corrected chi connectivity index (χ0v) is 34.1. The SMILES string of the molecule is CNC(=O)C[C@H](OC(=O)[C@@H](C)N(C)C(=O)CCCCCN1C(=O)C=CC1=O)C1(C)O[C@H]1[C@H](C)C1CC(C/C=C/C=C(\C)Cc2ccc(Cl)c(OC)c2)NC(=O)O1. The summed E-state index contributed by atoms with van der Waals surface area (Å²) in [6.07, 6.45) is 9.52. The summed E-state index contributed by atoms with van der Waals surface area (Å²) in [5, 5.41) is 6.02. The first-order valence-corrected chi connectivity index (χ1v) is 19.5. The largest absolute Gasteiger partial charge is 0.495 e. The third-order valence-electron chi connectivity index (χ3n) is 10.7. The number of epoxide rings is 1. The van der Waals surface area contributed by atoms with Gasteiger partial charge in [0.25, 0.3) is 11.8 Å². The number of halogens is 1. The second-order valence-corrected chi connectivity index (χ2v) is 15.3. The first-order chi connectivity index (χ1) is 26.6.